The molecule has 11 nitrogen and oxygen atoms in total. The molecule has 5 aliphatic rings. The number of fused-ring (bicyclic) bond motifs is 3. The van der Waals surface area contributed by atoms with Gasteiger partial charge >= 0.3 is 0 Å². The Kier molecular flexibility index (Phi) is 11.5. The average Bonchev–Trinajstić information content (AvgIpc) is 3.63. The summed E-state index contributed by atoms with van der Waals surface area (Å²) in [5.74, 6) is -1.33. The van der Waals surface area contributed by atoms with Gasteiger partial charge in [-0.25, -0.2) is 4.39 Å². The molecule has 0 spiro atoms. The fraction of sp³-hybridized carbons (Fsp3) is 0.388. The van der Waals surface area contributed by atoms with Crippen LogP contribution >= 0.6 is 0 Å². The Morgan fingerprint density at radius 3 is 2.07 bits per heavy atom. The Balaban J connectivity index is 0.766. The lowest BCUT2D eigenvalue weighted by atomic mass is 9.88. The molecule has 3 unspecified atom stereocenters. The number of piperazine rings is 1. The van der Waals surface area contributed by atoms with Crippen LogP contribution in [0.3, 0.4) is 0 Å². The van der Waals surface area contributed by atoms with Gasteiger partial charge in [-0.3, -0.25) is 39.2 Å². The zero-order chi connectivity index (χ0) is 42.2. The summed E-state index contributed by atoms with van der Waals surface area (Å²) in [7, 11) is 0. The minimum Gasteiger partial charge on any atom is -0.508 e. The second-order valence-corrected chi connectivity index (χ2v) is 17.1. The third-order valence-electron chi connectivity index (χ3n) is 13.4. The number of halogens is 1. The van der Waals surface area contributed by atoms with E-state index in [1.165, 1.54) is 17.2 Å². The molecule has 0 aliphatic carbocycles. The van der Waals surface area contributed by atoms with E-state index in [0.29, 0.717) is 31.3 Å². The minimum atomic E-state index is -1.09. The van der Waals surface area contributed by atoms with Crippen molar-refractivity contribution in [3.63, 3.8) is 0 Å². The van der Waals surface area contributed by atoms with Crippen molar-refractivity contribution in [2.75, 3.05) is 50.8 Å². The van der Waals surface area contributed by atoms with E-state index in [2.05, 4.69) is 58.4 Å². The van der Waals surface area contributed by atoms with Crippen LogP contribution in [0, 0.1) is 11.7 Å². The molecule has 5 aliphatic heterocycles. The molecule has 0 radical (unpaired) electrons. The lowest BCUT2D eigenvalue weighted by Crippen LogP contribution is -2.55. The molecule has 0 aromatic heterocycles. The molecule has 3 atom stereocenters. The number of amides is 4. The van der Waals surface area contributed by atoms with Crippen LogP contribution in [-0.4, -0.2) is 107 Å². The Labute approximate surface area is 355 Å². The Morgan fingerprint density at radius 1 is 0.787 bits per heavy atom. The maximum absolute atomic E-state index is 15.7. The lowest BCUT2D eigenvalue weighted by Gasteiger charge is -2.44. The first kappa shape index (κ1) is 40.6. The van der Waals surface area contributed by atoms with Crippen LogP contribution < -0.4 is 15.0 Å². The van der Waals surface area contributed by atoms with Crippen molar-refractivity contribution in [3.8, 4) is 11.5 Å². The highest BCUT2D eigenvalue weighted by molar-refractivity contribution is 6.23. The second kappa shape index (κ2) is 17.3. The van der Waals surface area contributed by atoms with Crippen LogP contribution in [0.15, 0.2) is 91.0 Å². The number of carbonyl (C=O) groups excluding carboxylic acids is 4. The smallest absolute Gasteiger partial charge is 0.262 e. The number of piperidine rings is 2. The number of likely N-dealkylation sites (tertiary alicyclic amines) is 1. The Morgan fingerprint density at radius 2 is 1.43 bits per heavy atom. The van der Waals surface area contributed by atoms with E-state index in [1.807, 2.05) is 35.2 Å². The molecule has 5 heterocycles. The number of hydrogen-bond acceptors (Lipinski definition) is 9. The van der Waals surface area contributed by atoms with E-state index in [4.69, 9.17) is 4.74 Å². The van der Waals surface area contributed by atoms with Gasteiger partial charge in [0.05, 0.1) is 16.8 Å². The van der Waals surface area contributed by atoms with Crippen molar-refractivity contribution in [3.05, 3.63) is 125 Å². The normalized spacial score (nSPS) is 22.7. The first-order valence-electron chi connectivity index (χ1n) is 21.7. The van der Waals surface area contributed by atoms with Crippen LogP contribution in [0.25, 0.3) is 11.1 Å². The minimum absolute atomic E-state index is 0.0291. The highest BCUT2D eigenvalue weighted by Crippen LogP contribution is 2.39. The molecule has 4 aromatic rings. The zero-order valence-electron chi connectivity index (χ0n) is 34.5. The summed E-state index contributed by atoms with van der Waals surface area (Å²) in [5.41, 5.74) is 6.10. The van der Waals surface area contributed by atoms with Crippen molar-refractivity contribution in [1.82, 2.24) is 20.0 Å². The summed E-state index contributed by atoms with van der Waals surface area (Å²) in [6.45, 7) is 7.98. The SMILES string of the molecule is CCC(=C(c1ccc(O)cc1)c1ccc(OCCN2CCC(CN3C4CCC3CN(c3cc5c(cc3F)C(=O)N(C3CCC(=O)NC3=O)C5=O)C4)CC2)cc1)c1ccccc1. The number of rotatable bonds is 12. The van der Waals surface area contributed by atoms with Gasteiger partial charge in [0, 0.05) is 44.7 Å². The van der Waals surface area contributed by atoms with E-state index in [-0.39, 0.29) is 41.8 Å². The number of carbonyl (C=O) groups is 4. The fourth-order valence-electron chi connectivity index (χ4n) is 10.2. The zero-order valence-corrected chi connectivity index (χ0v) is 34.5. The number of allylic oxidation sites excluding steroid dienone is 1. The van der Waals surface area contributed by atoms with Gasteiger partial charge in [-0.05, 0) is 122 Å². The molecule has 61 heavy (non-hydrogen) atoms. The largest absolute Gasteiger partial charge is 0.508 e. The summed E-state index contributed by atoms with van der Waals surface area (Å²) >= 11 is 0. The molecule has 2 N–H and O–H groups in total. The first-order chi connectivity index (χ1) is 29.6. The topological polar surface area (TPSA) is 123 Å². The highest BCUT2D eigenvalue weighted by atomic mass is 19.1. The number of nitrogens with zero attached hydrogens (tertiary/aromatic N) is 4. The molecule has 4 saturated heterocycles. The summed E-state index contributed by atoms with van der Waals surface area (Å²) < 4.78 is 22.0. The van der Waals surface area contributed by atoms with Gasteiger partial charge in [-0.2, -0.15) is 0 Å². The second-order valence-electron chi connectivity index (χ2n) is 17.1. The number of imide groups is 2. The Bertz CT molecular complexity index is 2330. The van der Waals surface area contributed by atoms with Gasteiger partial charge in [0.25, 0.3) is 11.8 Å². The first-order valence-corrected chi connectivity index (χ1v) is 21.7. The summed E-state index contributed by atoms with van der Waals surface area (Å²) in [6.07, 6.45) is 5.23. The van der Waals surface area contributed by atoms with Crippen molar-refractivity contribution < 1.29 is 33.4 Å². The molecule has 12 heteroatoms. The number of phenolic OH excluding ortho intramolecular Hbond substituents is 1. The number of aromatic hydroxyl groups is 1. The number of hydrogen-bond donors (Lipinski definition) is 2. The molecule has 2 bridgehead atoms. The molecular formula is C49H52FN5O6. The lowest BCUT2D eigenvalue weighted by molar-refractivity contribution is -0.136. The van der Waals surface area contributed by atoms with Gasteiger partial charge in [0.1, 0.15) is 30.0 Å². The summed E-state index contributed by atoms with van der Waals surface area (Å²) in [4.78, 5) is 58.9. The van der Waals surface area contributed by atoms with Gasteiger partial charge in [-0.15, -0.1) is 0 Å². The van der Waals surface area contributed by atoms with Gasteiger partial charge in [0.15, 0.2) is 0 Å². The predicted octanol–water partition coefficient (Wildman–Crippen LogP) is 6.75. The molecule has 4 fully saturated rings. The van der Waals surface area contributed by atoms with Gasteiger partial charge in [0.2, 0.25) is 11.8 Å². The van der Waals surface area contributed by atoms with Crippen LogP contribution in [-0.2, 0) is 9.59 Å². The number of nitrogens with one attached hydrogen (secondary N) is 1. The number of phenols is 1. The van der Waals surface area contributed by atoms with E-state index in [9.17, 15) is 24.3 Å². The number of anilines is 1. The fourth-order valence-corrected chi connectivity index (χ4v) is 10.2. The third-order valence-corrected chi connectivity index (χ3v) is 13.4. The van der Waals surface area contributed by atoms with E-state index in [1.54, 1.807) is 12.1 Å². The monoisotopic (exact) mass is 825 g/mol. The van der Waals surface area contributed by atoms with Crippen LogP contribution in [0.2, 0.25) is 0 Å². The number of benzene rings is 4. The maximum atomic E-state index is 15.7. The van der Waals surface area contributed by atoms with Crippen molar-refractivity contribution in [2.45, 2.75) is 70.0 Å². The highest BCUT2D eigenvalue weighted by Gasteiger charge is 2.46. The molecule has 4 amide bonds. The van der Waals surface area contributed by atoms with Crippen molar-refractivity contribution in [2.24, 2.45) is 5.92 Å². The molecule has 9 rings (SSSR count). The quantitative estimate of drug-likeness (QED) is 0.118. The predicted molar refractivity (Wildman–Crippen MR) is 231 cm³/mol. The van der Waals surface area contributed by atoms with E-state index in [0.717, 1.165) is 91.7 Å². The van der Waals surface area contributed by atoms with Crippen LogP contribution in [0.4, 0.5) is 10.1 Å². The molecule has 0 saturated carbocycles. The molecule has 316 valence electrons. The van der Waals surface area contributed by atoms with Crippen molar-refractivity contribution in [1.29, 1.82) is 0 Å². The van der Waals surface area contributed by atoms with Crippen LogP contribution in [0.5, 0.6) is 11.5 Å². The van der Waals surface area contributed by atoms with Gasteiger partial charge < -0.3 is 14.7 Å². The average molecular weight is 826 g/mol. The van der Waals surface area contributed by atoms with Gasteiger partial charge in [-0.1, -0.05) is 61.5 Å². The van der Waals surface area contributed by atoms with Crippen LogP contribution in [0.1, 0.15) is 89.3 Å². The van der Waals surface area contributed by atoms with Crippen molar-refractivity contribution >= 4 is 40.5 Å². The molecule has 4 aromatic carbocycles. The standard InChI is InChI=1S/C49H52FN5O6/c1-2-39(32-6-4-3-5-7-32)46(33-8-14-37(56)15-9-33)34-10-16-38(17-11-34)61-25-24-52-22-20-31(21-23-52)28-54-35-12-13-36(54)30-53(29-35)44-27-41-40(26-42(44)50)48(59)55(49(41)60)43-18-19-45(57)51-47(43)58/h3-11,14-17,26-27,31,35-36,43,56H,2,12-13,18-25,28-30H2,1H3,(H,51,57,58). The Hall–Kier alpha value is -5.85. The molecular weight excluding hydrogens is 774 g/mol. The maximum Gasteiger partial charge on any atom is 0.262 e. The summed E-state index contributed by atoms with van der Waals surface area (Å²) in [5, 5.41) is 12.2. The third kappa shape index (κ3) is 8.18. The summed E-state index contributed by atoms with van der Waals surface area (Å²) in [6, 6.07) is 28.3. The van der Waals surface area contributed by atoms with E-state index < -0.39 is 35.5 Å². The number of ether oxygens (including phenoxy) is 1. The van der Waals surface area contributed by atoms with E-state index >= 15 is 4.39 Å².